The van der Waals surface area contributed by atoms with Crippen molar-refractivity contribution in [3.05, 3.63) is 12.3 Å². The molecule has 0 aliphatic heterocycles. The number of anilines is 1. The van der Waals surface area contributed by atoms with E-state index in [0.717, 1.165) is 18.8 Å². The highest BCUT2D eigenvalue weighted by molar-refractivity contribution is 5.51. The van der Waals surface area contributed by atoms with E-state index in [0.29, 0.717) is 24.4 Å². The predicted octanol–water partition coefficient (Wildman–Crippen LogP) is 1.59. The quantitative estimate of drug-likeness (QED) is 0.851. The maximum atomic E-state index is 5.37. The maximum absolute atomic E-state index is 5.37. The van der Waals surface area contributed by atoms with E-state index in [-0.39, 0.29) is 0 Å². The van der Waals surface area contributed by atoms with Gasteiger partial charge >= 0.3 is 6.01 Å². The molecule has 102 valence electrons. The van der Waals surface area contributed by atoms with Gasteiger partial charge in [0, 0.05) is 19.3 Å². The van der Waals surface area contributed by atoms with Crippen molar-refractivity contribution in [3.63, 3.8) is 0 Å². The molecule has 0 aliphatic rings. The van der Waals surface area contributed by atoms with Crippen molar-refractivity contribution < 1.29 is 4.74 Å². The van der Waals surface area contributed by atoms with Crippen molar-refractivity contribution >= 4 is 5.95 Å². The van der Waals surface area contributed by atoms with Crippen LogP contribution in [0.4, 0.5) is 5.95 Å². The van der Waals surface area contributed by atoms with Crippen LogP contribution >= 0.6 is 0 Å². The van der Waals surface area contributed by atoms with Gasteiger partial charge in [-0.2, -0.15) is 20.1 Å². The zero-order valence-corrected chi connectivity index (χ0v) is 11.4. The lowest BCUT2D eigenvalue weighted by atomic mass is 10.4. The van der Waals surface area contributed by atoms with Crippen LogP contribution in [0.3, 0.4) is 0 Å². The first-order valence-electron chi connectivity index (χ1n) is 6.43. The highest BCUT2D eigenvalue weighted by atomic mass is 16.5. The van der Waals surface area contributed by atoms with Crippen LogP contribution in [0.25, 0.3) is 11.5 Å². The summed E-state index contributed by atoms with van der Waals surface area (Å²) in [4.78, 5) is 12.9. The number of rotatable bonds is 6. The Kier molecular flexibility index (Phi) is 4.27. The van der Waals surface area contributed by atoms with Gasteiger partial charge in [-0.05, 0) is 26.8 Å². The second-order valence-corrected chi connectivity index (χ2v) is 3.76. The fourth-order valence-corrected chi connectivity index (χ4v) is 1.68. The molecule has 0 saturated heterocycles. The van der Waals surface area contributed by atoms with E-state index < -0.39 is 0 Å². The van der Waals surface area contributed by atoms with Crippen molar-refractivity contribution in [2.45, 2.75) is 27.3 Å². The van der Waals surface area contributed by atoms with Crippen LogP contribution in [-0.4, -0.2) is 37.9 Å². The number of ether oxygens (including phenoxy) is 1. The minimum absolute atomic E-state index is 0.326. The largest absolute Gasteiger partial charge is 0.464 e. The van der Waals surface area contributed by atoms with Crippen molar-refractivity contribution in [2.75, 3.05) is 18.5 Å². The standard InChI is InChI=1S/C12H18N6O/c1-4-13-11-15-10(16-12(17-11)19-6-3)9-7-8-14-18(9)5-2/h7-8H,4-6H2,1-3H3,(H,13,15,16,17). The van der Waals surface area contributed by atoms with E-state index in [1.165, 1.54) is 0 Å². The van der Waals surface area contributed by atoms with Crippen LogP contribution in [0.1, 0.15) is 20.8 Å². The predicted molar refractivity (Wildman–Crippen MR) is 72.1 cm³/mol. The molecule has 0 radical (unpaired) electrons. The minimum atomic E-state index is 0.326. The van der Waals surface area contributed by atoms with E-state index in [9.17, 15) is 0 Å². The van der Waals surface area contributed by atoms with E-state index in [4.69, 9.17) is 4.74 Å². The van der Waals surface area contributed by atoms with E-state index in [2.05, 4.69) is 25.4 Å². The van der Waals surface area contributed by atoms with Crippen molar-refractivity contribution in [2.24, 2.45) is 0 Å². The molecule has 2 aromatic heterocycles. The smallest absolute Gasteiger partial charge is 0.321 e. The highest BCUT2D eigenvalue weighted by Crippen LogP contribution is 2.18. The molecule has 0 unspecified atom stereocenters. The molecule has 0 bridgehead atoms. The summed E-state index contributed by atoms with van der Waals surface area (Å²) in [7, 11) is 0. The van der Waals surface area contributed by atoms with Crippen LogP contribution in [0.15, 0.2) is 12.3 Å². The van der Waals surface area contributed by atoms with E-state index in [1.807, 2.05) is 31.5 Å². The van der Waals surface area contributed by atoms with Gasteiger partial charge in [0.25, 0.3) is 0 Å². The molecule has 0 saturated carbocycles. The Morgan fingerprint density at radius 3 is 2.74 bits per heavy atom. The molecule has 0 amide bonds. The Labute approximate surface area is 112 Å². The van der Waals surface area contributed by atoms with Gasteiger partial charge in [-0.15, -0.1) is 0 Å². The van der Waals surface area contributed by atoms with Gasteiger partial charge < -0.3 is 10.1 Å². The second-order valence-electron chi connectivity index (χ2n) is 3.76. The molecule has 0 aromatic carbocycles. The van der Waals surface area contributed by atoms with Crippen molar-refractivity contribution in [3.8, 4) is 17.5 Å². The van der Waals surface area contributed by atoms with Crippen LogP contribution in [-0.2, 0) is 6.54 Å². The zero-order valence-electron chi connectivity index (χ0n) is 11.4. The molecule has 7 heteroatoms. The number of hydrogen-bond acceptors (Lipinski definition) is 6. The van der Waals surface area contributed by atoms with Crippen LogP contribution in [0, 0.1) is 0 Å². The van der Waals surface area contributed by atoms with Crippen LogP contribution in [0.2, 0.25) is 0 Å². The molecule has 0 aliphatic carbocycles. The van der Waals surface area contributed by atoms with Gasteiger partial charge in [-0.3, -0.25) is 4.68 Å². The van der Waals surface area contributed by atoms with Gasteiger partial charge in [-0.25, -0.2) is 0 Å². The Morgan fingerprint density at radius 1 is 1.21 bits per heavy atom. The SMILES string of the molecule is CCNc1nc(OCC)nc(-c2ccnn2CC)n1. The number of aryl methyl sites for hydroxylation is 1. The Bertz CT molecular complexity index is 515. The first-order valence-corrected chi connectivity index (χ1v) is 6.43. The van der Waals surface area contributed by atoms with Gasteiger partial charge in [0.05, 0.1) is 6.61 Å². The highest BCUT2D eigenvalue weighted by Gasteiger charge is 2.12. The molecular formula is C12H18N6O. The van der Waals surface area contributed by atoms with Gasteiger partial charge in [-0.1, -0.05) is 0 Å². The van der Waals surface area contributed by atoms with Crippen molar-refractivity contribution in [1.82, 2.24) is 24.7 Å². The lowest BCUT2D eigenvalue weighted by molar-refractivity contribution is 0.312. The van der Waals surface area contributed by atoms with Gasteiger partial charge in [0.1, 0.15) is 5.69 Å². The number of aromatic nitrogens is 5. The normalized spacial score (nSPS) is 10.5. The summed E-state index contributed by atoms with van der Waals surface area (Å²) in [6.45, 7) is 7.91. The van der Waals surface area contributed by atoms with Gasteiger partial charge in [0.15, 0.2) is 5.82 Å². The molecule has 0 fully saturated rings. The molecule has 2 aromatic rings. The maximum Gasteiger partial charge on any atom is 0.321 e. The Hall–Kier alpha value is -2.18. The zero-order chi connectivity index (χ0) is 13.7. The lowest BCUT2D eigenvalue weighted by Crippen LogP contribution is -2.09. The van der Waals surface area contributed by atoms with Crippen LogP contribution < -0.4 is 10.1 Å². The summed E-state index contributed by atoms with van der Waals surface area (Å²) in [5, 5.41) is 7.29. The molecular weight excluding hydrogens is 244 g/mol. The topological polar surface area (TPSA) is 77.8 Å². The van der Waals surface area contributed by atoms with Crippen molar-refractivity contribution in [1.29, 1.82) is 0 Å². The molecule has 2 rings (SSSR count). The first kappa shape index (κ1) is 13.3. The molecule has 19 heavy (non-hydrogen) atoms. The van der Waals surface area contributed by atoms with Gasteiger partial charge in [0.2, 0.25) is 5.95 Å². The molecule has 2 heterocycles. The number of hydrogen-bond donors (Lipinski definition) is 1. The fourth-order valence-electron chi connectivity index (χ4n) is 1.68. The van der Waals surface area contributed by atoms with E-state index >= 15 is 0 Å². The fraction of sp³-hybridized carbons (Fsp3) is 0.500. The second kappa shape index (κ2) is 6.12. The lowest BCUT2D eigenvalue weighted by Gasteiger charge is -2.08. The van der Waals surface area contributed by atoms with E-state index in [1.54, 1.807) is 6.20 Å². The molecule has 1 N–H and O–H groups in total. The molecule has 7 nitrogen and oxygen atoms in total. The average Bonchev–Trinajstić information content (AvgIpc) is 2.87. The van der Waals surface area contributed by atoms with Crippen LogP contribution in [0.5, 0.6) is 6.01 Å². The summed E-state index contributed by atoms with van der Waals surface area (Å²) in [6.07, 6.45) is 1.73. The summed E-state index contributed by atoms with van der Waals surface area (Å²) in [5.74, 6) is 1.08. The monoisotopic (exact) mass is 262 g/mol. The number of nitrogens with one attached hydrogen (secondary N) is 1. The molecule has 0 atom stereocenters. The first-order chi connectivity index (χ1) is 9.28. The number of nitrogens with zero attached hydrogens (tertiary/aromatic N) is 5. The average molecular weight is 262 g/mol. The Morgan fingerprint density at radius 2 is 2.05 bits per heavy atom. The molecule has 0 spiro atoms. The third-order valence-corrected chi connectivity index (χ3v) is 2.47. The summed E-state index contributed by atoms with van der Waals surface area (Å²) < 4.78 is 7.21. The Balaban J connectivity index is 2.43. The minimum Gasteiger partial charge on any atom is -0.464 e. The summed E-state index contributed by atoms with van der Waals surface area (Å²) in [5.41, 5.74) is 0.852. The third-order valence-electron chi connectivity index (χ3n) is 2.47. The summed E-state index contributed by atoms with van der Waals surface area (Å²) in [6, 6.07) is 2.21. The third kappa shape index (κ3) is 2.98. The summed E-state index contributed by atoms with van der Waals surface area (Å²) >= 11 is 0.